The maximum Gasteiger partial charge on any atom is 0.338 e. The Labute approximate surface area is 168 Å². The highest BCUT2D eigenvalue weighted by Gasteiger charge is 2.22. The minimum Gasteiger partial charge on any atom is -0.493 e. The summed E-state index contributed by atoms with van der Waals surface area (Å²) in [6.45, 7) is 0. The number of benzene rings is 2. The Morgan fingerprint density at radius 3 is 1.79 bits per heavy atom. The number of rotatable bonds is 8. The summed E-state index contributed by atoms with van der Waals surface area (Å²) in [6, 6.07) is 12.1. The zero-order valence-electron chi connectivity index (χ0n) is 16.6. The van der Waals surface area contributed by atoms with Crippen LogP contribution in [-0.4, -0.2) is 45.5 Å². The van der Waals surface area contributed by atoms with Crippen LogP contribution in [-0.2, 0) is 14.3 Å². The smallest absolute Gasteiger partial charge is 0.338 e. The summed E-state index contributed by atoms with van der Waals surface area (Å²) in [4.78, 5) is 24.3. The van der Waals surface area contributed by atoms with E-state index < -0.39 is 11.9 Å². The number of carboxylic acids is 1. The molecular weight excluding hydrogens is 376 g/mol. The quantitative estimate of drug-likeness (QED) is 0.414. The number of ether oxygens (including phenoxy) is 4. The fraction of sp³-hybridized carbons (Fsp3) is 0.182. The van der Waals surface area contributed by atoms with Crippen LogP contribution in [0.1, 0.15) is 11.1 Å². The number of carbonyl (C=O) groups is 2. The summed E-state index contributed by atoms with van der Waals surface area (Å²) >= 11 is 0. The SMILES string of the molecule is COC(=O)C(=C/c1ccccc1)/C(=C\c1cc(OC)c(OC)c(OC)c1)C(=O)O. The van der Waals surface area contributed by atoms with Gasteiger partial charge in [-0.25, -0.2) is 9.59 Å². The summed E-state index contributed by atoms with van der Waals surface area (Å²) < 4.78 is 20.7. The monoisotopic (exact) mass is 398 g/mol. The second-order valence-electron chi connectivity index (χ2n) is 5.78. The molecule has 0 bridgehead atoms. The Morgan fingerprint density at radius 1 is 0.793 bits per heavy atom. The van der Waals surface area contributed by atoms with Crippen molar-refractivity contribution in [3.63, 3.8) is 0 Å². The van der Waals surface area contributed by atoms with Crippen molar-refractivity contribution in [1.82, 2.24) is 0 Å². The third-order valence-electron chi connectivity index (χ3n) is 4.03. The normalized spacial score (nSPS) is 11.6. The number of hydrogen-bond acceptors (Lipinski definition) is 6. The molecular formula is C22H22O7. The maximum atomic E-state index is 12.3. The Balaban J connectivity index is 2.67. The van der Waals surface area contributed by atoms with Crippen LogP contribution in [0.4, 0.5) is 0 Å². The van der Waals surface area contributed by atoms with Gasteiger partial charge in [0, 0.05) is 0 Å². The van der Waals surface area contributed by atoms with E-state index in [-0.39, 0.29) is 11.1 Å². The van der Waals surface area contributed by atoms with Gasteiger partial charge in [0.15, 0.2) is 11.5 Å². The first-order valence-corrected chi connectivity index (χ1v) is 8.55. The highest BCUT2D eigenvalue weighted by molar-refractivity contribution is 6.12. The summed E-state index contributed by atoms with van der Waals surface area (Å²) in [6.07, 6.45) is 2.81. The van der Waals surface area contributed by atoms with Crippen molar-refractivity contribution in [3.05, 3.63) is 64.7 Å². The van der Waals surface area contributed by atoms with Gasteiger partial charge in [-0.15, -0.1) is 0 Å². The van der Waals surface area contributed by atoms with Gasteiger partial charge in [-0.2, -0.15) is 0 Å². The summed E-state index contributed by atoms with van der Waals surface area (Å²) in [7, 11) is 5.58. The highest BCUT2D eigenvalue weighted by Crippen LogP contribution is 2.39. The van der Waals surface area contributed by atoms with E-state index in [0.29, 0.717) is 28.4 Å². The molecule has 2 aromatic carbocycles. The van der Waals surface area contributed by atoms with Crippen LogP contribution in [0.3, 0.4) is 0 Å². The first-order valence-electron chi connectivity index (χ1n) is 8.55. The molecule has 0 aliphatic carbocycles. The van der Waals surface area contributed by atoms with Crippen LogP contribution >= 0.6 is 0 Å². The molecule has 29 heavy (non-hydrogen) atoms. The van der Waals surface area contributed by atoms with Gasteiger partial charge in [0.05, 0.1) is 39.6 Å². The van der Waals surface area contributed by atoms with Gasteiger partial charge in [-0.05, 0) is 35.4 Å². The van der Waals surface area contributed by atoms with Gasteiger partial charge >= 0.3 is 11.9 Å². The minimum absolute atomic E-state index is 0.0973. The standard InChI is InChI=1S/C22H22O7/c1-26-18-12-15(13-19(27-2)20(18)28-3)11-16(21(23)24)17(22(25)29-4)10-14-8-6-5-7-9-14/h5-13H,1-4H3,(H,23,24)/b16-11+,17-10+. The number of aliphatic carboxylic acids is 1. The number of methoxy groups -OCH3 is 4. The number of carbonyl (C=O) groups excluding carboxylic acids is 1. The Hall–Kier alpha value is -3.74. The number of carboxylic acid groups (broad SMARTS) is 1. The van der Waals surface area contributed by atoms with E-state index in [1.807, 2.05) is 6.07 Å². The zero-order chi connectivity index (χ0) is 21.4. The van der Waals surface area contributed by atoms with Gasteiger partial charge in [0.2, 0.25) is 5.75 Å². The third-order valence-corrected chi connectivity index (χ3v) is 4.03. The third kappa shape index (κ3) is 5.16. The van der Waals surface area contributed by atoms with Gasteiger partial charge in [-0.1, -0.05) is 30.3 Å². The molecule has 7 nitrogen and oxygen atoms in total. The van der Waals surface area contributed by atoms with E-state index in [0.717, 1.165) is 0 Å². The molecule has 0 aliphatic rings. The topological polar surface area (TPSA) is 91.3 Å². The van der Waals surface area contributed by atoms with Crippen molar-refractivity contribution in [1.29, 1.82) is 0 Å². The van der Waals surface area contributed by atoms with E-state index in [9.17, 15) is 14.7 Å². The van der Waals surface area contributed by atoms with Crippen LogP contribution in [0.15, 0.2) is 53.6 Å². The number of hydrogen-bond donors (Lipinski definition) is 1. The van der Waals surface area contributed by atoms with Crippen LogP contribution in [0.2, 0.25) is 0 Å². The van der Waals surface area contributed by atoms with Crippen molar-refractivity contribution >= 4 is 24.1 Å². The first-order chi connectivity index (χ1) is 13.9. The van der Waals surface area contributed by atoms with Crippen molar-refractivity contribution in [2.24, 2.45) is 0 Å². The second-order valence-corrected chi connectivity index (χ2v) is 5.78. The summed E-state index contributed by atoms with van der Waals surface area (Å²) in [5.41, 5.74) is 0.764. The Morgan fingerprint density at radius 2 is 1.34 bits per heavy atom. The molecule has 0 heterocycles. The lowest BCUT2D eigenvalue weighted by Crippen LogP contribution is -2.13. The van der Waals surface area contributed by atoms with Crippen LogP contribution in [0, 0.1) is 0 Å². The first kappa shape index (κ1) is 21.6. The lowest BCUT2D eigenvalue weighted by Gasteiger charge is -2.13. The maximum absolute atomic E-state index is 12.3. The van der Waals surface area contributed by atoms with Crippen LogP contribution in [0.25, 0.3) is 12.2 Å². The molecule has 0 amide bonds. The fourth-order valence-corrected chi connectivity index (χ4v) is 2.68. The van der Waals surface area contributed by atoms with E-state index >= 15 is 0 Å². The van der Waals surface area contributed by atoms with Crippen molar-refractivity contribution < 1.29 is 33.6 Å². The second kappa shape index (κ2) is 9.98. The van der Waals surface area contributed by atoms with Crippen LogP contribution in [0.5, 0.6) is 17.2 Å². The predicted octanol–water partition coefficient (Wildman–Crippen LogP) is 3.44. The molecule has 0 unspecified atom stereocenters. The molecule has 0 saturated heterocycles. The molecule has 2 rings (SSSR count). The predicted molar refractivity (Wildman–Crippen MR) is 108 cm³/mol. The molecule has 0 saturated carbocycles. The average molecular weight is 398 g/mol. The Kier molecular flexibility index (Phi) is 7.42. The van der Waals surface area contributed by atoms with Crippen LogP contribution < -0.4 is 14.2 Å². The average Bonchev–Trinajstić information content (AvgIpc) is 2.75. The fourth-order valence-electron chi connectivity index (χ4n) is 2.68. The van der Waals surface area contributed by atoms with E-state index in [2.05, 4.69) is 0 Å². The molecule has 0 spiro atoms. The summed E-state index contributed by atoms with van der Waals surface area (Å²) in [5.74, 6) is -0.970. The molecule has 7 heteroatoms. The van der Waals surface area contributed by atoms with E-state index in [1.54, 1.807) is 36.4 Å². The van der Waals surface area contributed by atoms with E-state index in [1.165, 1.54) is 40.6 Å². The van der Waals surface area contributed by atoms with Crippen molar-refractivity contribution in [3.8, 4) is 17.2 Å². The molecule has 2 aromatic rings. The van der Waals surface area contributed by atoms with Gasteiger partial charge in [0.1, 0.15) is 0 Å². The minimum atomic E-state index is -1.29. The molecule has 0 fully saturated rings. The zero-order valence-corrected chi connectivity index (χ0v) is 16.6. The Bertz CT molecular complexity index is 918. The summed E-state index contributed by atoms with van der Waals surface area (Å²) in [5, 5.41) is 9.78. The molecule has 1 N–H and O–H groups in total. The molecule has 0 aromatic heterocycles. The lowest BCUT2D eigenvalue weighted by atomic mass is 10.00. The molecule has 0 aliphatic heterocycles. The number of esters is 1. The van der Waals surface area contributed by atoms with Gasteiger partial charge in [-0.3, -0.25) is 0 Å². The lowest BCUT2D eigenvalue weighted by molar-refractivity contribution is -0.138. The van der Waals surface area contributed by atoms with Gasteiger partial charge in [0.25, 0.3) is 0 Å². The van der Waals surface area contributed by atoms with Crippen molar-refractivity contribution in [2.45, 2.75) is 0 Å². The molecule has 0 atom stereocenters. The van der Waals surface area contributed by atoms with Gasteiger partial charge < -0.3 is 24.1 Å². The highest BCUT2D eigenvalue weighted by atomic mass is 16.5. The van der Waals surface area contributed by atoms with Crippen molar-refractivity contribution in [2.75, 3.05) is 28.4 Å². The van der Waals surface area contributed by atoms with E-state index in [4.69, 9.17) is 18.9 Å². The molecule has 0 radical (unpaired) electrons. The molecule has 152 valence electrons. The largest absolute Gasteiger partial charge is 0.493 e.